The number of carbonyl (C=O) groups excluding carboxylic acids is 3. The van der Waals surface area contributed by atoms with Crippen LogP contribution in [0.3, 0.4) is 0 Å². The molecule has 0 saturated carbocycles. The smallest absolute Gasteiger partial charge is 0.303 e. The Labute approximate surface area is 121 Å². The van der Waals surface area contributed by atoms with Gasteiger partial charge in [0.2, 0.25) is 5.91 Å². The zero-order chi connectivity index (χ0) is 15.1. The molecule has 0 aliphatic heterocycles. The molecular formula is C13H15ClN2O4. The van der Waals surface area contributed by atoms with Crippen molar-refractivity contribution >= 4 is 35.1 Å². The van der Waals surface area contributed by atoms with Gasteiger partial charge in [0.25, 0.3) is 5.91 Å². The highest BCUT2D eigenvalue weighted by Crippen LogP contribution is 2.13. The summed E-state index contributed by atoms with van der Waals surface area (Å²) in [4.78, 5) is 35.0. The SMILES string of the molecule is CC(=O)OCC(=O)N(C)CC(=O)Nc1ccc(Cl)cc1. The van der Waals surface area contributed by atoms with Gasteiger partial charge in [-0.1, -0.05) is 11.6 Å². The van der Waals surface area contributed by atoms with E-state index in [0.717, 1.165) is 0 Å². The van der Waals surface area contributed by atoms with E-state index in [1.54, 1.807) is 24.3 Å². The van der Waals surface area contributed by atoms with Crippen molar-refractivity contribution in [3.63, 3.8) is 0 Å². The van der Waals surface area contributed by atoms with E-state index in [1.807, 2.05) is 0 Å². The van der Waals surface area contributed by atoms with E-state index in [1.165, 1.54) is 18.9 Å². The van der Waals surface area contributed by atoms with Crippen molar-refractivity contribution in [3.05, 3.63) is 29.3 Å². The van der Waals surface area contributed by atoms with Gasteiger partial charge < -0.3 is 15.0 Å². The van der Waals surface area contributed by atoms with E-state index in [0.29, 0.717) is 10.7 Å². The largest absolute Gasteiger partial charge is 0.456 e. The Balaban J connectivity index is 2.43. The molecule has 1 aromatic carbocycles. The molecule has 1 aromatic rings. The number of hydrogen-bond donors (Lipinski definition) is 1. The highest BCUT2D eigenvalue weighted by molar-refractivity contribution is 6.30. The van der Waals surface area contributed by atoms with Crippen molar-refractivity contribution in [1.82, 2.24) is 4.90 Å². The molecule has 1 rings (SSSR count). The third-order valence-corrected chi connectivity index (χ3v) is 2.59. The maximum absolute atomic E-state index is 11.7. The van der Waals surface area contributed by atoms with Crippen molar-refractivity contribution in [2.24, 2.45) is 0 Å². The Kier molecular flexibility index (Phi) is 5.99. The normalized spacial score (nSPS) is 9.75. The lowest BCUT2D eigenvalue weighted by Crippen LogP contribution is -2.37. The monoisotopic (exact) mass is 298 g/mol. The molecule has 0 spiro atoms. The number of rotatable bonds is 5. The third-order valence-electron chi connectivity index (χ3n) is 2.33. The van der Waals surface area contributed by atoms with E-state index >= 15 is 0 Å². The van der Waals surface area contributed by atoms with Crippen LogP contribution in [0.4, 0.5) is 5.69 Å². The molecule has 0 aromatic heterocycles. The summed E-state index contributed by atoms with van der Waals surface area (Å²) in [6.45, 7) is 0.698. The average molecular weight is 299 g/mol. The van der Waals surface area contributed by atoms with Gasteiger partial charge in [-0.2, -0.15) is 0 Å². The molecule has 0 unspecified atom stereocenters. The highest BCUT2D eigenvalue weighted by atomic mass is 35.5. The number of carbonyl (C=O) groups is 3. The molecule has 0 aliphatic carbocycles. The van der Waals surface area contributed by atoms with Crippen LogP contribution in [0.15, 0.2) is 24.3 Å². The lowest BCUT2D eigenvalue weighted by molar-refractivity contribution is -0.150. The van der Waals surface area contributed by atoms with Crippen molar-refractivity contribution in [3.8, 4) is 0 Å². The number of nitrogens with one attached hydrogen (secondary N) is 1. The van der Waals surface area contributed by atoms with Crippen molar-refractivity contribution in [2.45, 2.75) is 6.92 Å². The molecule has 6 nitrogen and oxygen atoms in total. The van der Waals surface area contributed by atoms with Crippen molar-refractivity contribution in [1.29, 1.82) is 0 Å². The fraction of sp³-hybridized carbons (Fsp3) is 0.308. The maximum atomic E-state index is 11.7. The summed E-state index contributed by atoms with van der Waals surface area (Å²) in [6, 6.07) is 6.60. The number of amides is 2. The van der Waals surface area contributed by atoms with E-state index in [9.17, 15) is 14.4 Å². The summed E-state index contributed by atoms with van der Waals surface area (Å²) in [5.41, 5.74) is 0.584. The number of benzene rings is 1. The molecule has 0 fully saturated rings. The van der Waals surface area contributed by atoms with E-state index < -0.39 is 11.9 Å². The second kappa shape index (κ2) is 7.49. The number of halogens is 1. The first-order valence-electron chi connectivity index (χ1n) is 5.81. The van der Waals surface area contributed by atoms with Crippen LogP contribution in [0.2, 0.25) is 5.02 Å². The zero-order valence-electron chi connectivity index (χ0n) is 11.2. The van der Waals surface area contributed by atoms with E-state index in [-0.39, 0.29) is 19.1 Å². The Morgan fingerprint density at radius 1 is 1.25 bits per heavy atom. The van der Waals surface area contributed by atoms with Gasteiger partial charge in [-0.3, -0.25) is 14.4 Å². The summed E-state index contributed by atoms with van der Waals surface area (Å²) < 4.78 is 4.56. The molecule has 0 aliphatic rings. The minimum absolute atomic E-state index is 0.136. The first-order chi connectivity index (χ1) is 9.38. The van der Waals surface area contributed by atoms with Gasteiger partial charge in [0.05, 0.1) is 6.54 Å². The van der Waals surface area contributed by atoms with Crippen LogP contribution < -0.4 is 5.32 Å². The highest BCUT2D eigenvalue weighted by Gasteiger charge is 2.14. The molecule has 0 bridgehead atoms. The average Bonchev–Trinajstić information content (AvgIpc) is 2.38. The van der Waals surface area contributed by atoms with Crippen molar-refractivity contribution in [2.75, 3.05) is 25.5 Å². The molecule has 20 heavy (non-hydrogen) atoms. The first kappa shape index (κ1) is 16.0. The molecule has 0 saturated heterocycles. The number of nitrogens with zero attached hydrogens (tertiary/aromatic N) is 1. The Hall–Kier alpha value is -2.08. The van der Waals surface area contributed by atoms with Gasteiger partial charge in [-0.25, -0.2) is 0 Å². The zero-order valence-corrected chi connectivity index (χ0v) is 11.9. The summed E-state index contributed by atoms with van der Waals surface area (Å²) in [6.07, 6.45) is 0. The molecule has 2 amide bonds. The second-order valence-corrected chi connectivity index (χ2v) is 4.52. The summed E-state index contributed by atoms with van der Waals surface area (Å²) in [7, 11) is 1.45. The van der Waals surface area contributed by atoms with Gasteiger partial charge in [-0.15, -0.1) is 0 Å². The molecule has 7 heteroatoms. The Morgan fingerprint density at radius 3 is 2.40 bits per heavy atom. The number of ether oxygens (including phenoxy) is 1. The topological polar surface area (TPSA) is 75.7 Å². The quantitative estimate of drug-likeness (QED) is 0.831. The minimum Gasteiger partial charge on any atom is -0.456 e. The third kappa shape index (κ3) is 5.71. The number of likely N-dealkylation sites (N-methyl/N-ethyl adjacent to an activating group) is 1. The van der Waals surface area contributed by atoms with Crippen molar-refractivity contribution < 1.29 is 19.1 Å². The minimum atomic E-state index is -0.544. The van der Waals surface area contributed by atoms with E-state index in [4.69, 9.17) is 11.6 Å². The van der Waals surface area contributed by atoms with Gasteiger partial charge in [0, 0.05) is 24.7 Å². The number of hydrogen-bond acceptors (Lipinski definition) is 4. The summed E-state index contributed by atoms with van der Waals surface area (Å²) in [5, 5.41) is 3.19. The van der Waals surface area contributed by atoms with Crippen LogP contribution in [0.5, 0.6) is 0 Å². The van der Waals surface area contributed by atoms with Gasteiger partial charge >= 0.3 is 5.97 Å². The summed E-state index contributed by atoms with van der Waals surface area (Å²) >= 11 is 5.73. The molecule has 0 atom stereocenters. The van der Waals surface area contributed by atoms with Gasteiger partial charge in [0.15, 0.2) is 6.61 Å². The van der Waals surface area contributed by atoms with Crippen LogP contribution in [-0.4, -0.2) is 42.9 Å². The van der Waals surface area contributed by atoms with Crippen LogP contribution in [-0.2, 0) is 19.1 Å². The van der Waals surface area contributed by atoms with Crippen LogP contribution >= 0.6 is 11.6 Å². The molecular weight excluding hydrogens is 284 g/mol. The van der Waals surface area contributed by atoms with Crippen LogP contribution in [0.25, 0.3) is 0 Å². The first-order valence-corrected chi connectivity index (χ1v) is 6.19. The molecule has 108 valence electrons. The fourth-order valence-electron chi connectivity index (χ4n) is 1.31. The Morgan fingerprint density at radius 2 is 1.85 bits per heavy atom. The predicted molar refractivity (Wildman–Crippen MR) is 74.4 cm³/mol. The second-order valence-electron chi connectivity index (χ2n) is 4.09. The predicted octanol–water partition coefficient (Wildman–Crippen LogP) is 1.30. The van der Waals surface area contributed by atoms with Gasteiger partial charge in [-0.05, 0) is 24.3 Å². The molecule has 0 heterocycles. The summed E-state index contributed by atoms with van der Waals surface area (Å²) in [5.74, 6) is -1.35. The fourth-order valence-corrected chi connectivity index (χ4v) is 1.44. The number of esters is 1. The Bertz CT molecular complexity index is 502. The van der Waals surface area contributed by atoms with Gasteiger partial charge in [0.1, 0.15) is 0 Å². The van der Waals surface area contributed by atoms with Crippen LogP contribution in [0, 0.1) is 0 Å². The van der Waals surface area contributed by atoms with E-state index in [2.05, 4.69) is 10.1 Å². The number of anilines is 1. The molecule has 1 N–H and O–H groups in total. The lowest BCUT2D eigenvalue weighted by Gasteiger charge is -2.16. The molecule has 0 radical (unpaired) electrons. The lowest BCUT2D eigenvalue weighted by atomic mass is 10.3. The van der Waals surface area contributed by atoms with Crippen LogP contribution in [0.1, 0.15) is 6.92 Å². The maximum Gasteiger partial charge on any atom is 0.303 e. The standard InChI is InChI=1S/C13H15ClN2O4/c1-9(17)20-8-13(19)16(2)7-12(18)15-11-5-3-10(14)4-6-11/h3-6H,7-8H2,1-2H3,(H,15,18).